The predicted octanol–water partition coefficient (Wildman–Crippen LogP) is 3.40. The van der Waals surface area contributed by atoms with E-state index in [4.69, 9.17) is 4.74 Å². The second-order valence-corrected chi connectivity index (χ2v) is 5.22. The van der Waals surface area contributed by atoms with Crippen molar-refractivity contribution in [2.24, 2.45) is 0 Å². The minimum Gasteiger partial charge on any atom is -0.508 e. The van der Waals surface area contributed by atoms with Crippen LogP contribution < -0.4 is 10.1 Å². The first-order valence-corrected chi connectivity index (χ1v) is 6.94. The second-order valence-electron chi connectivity index (χ2n) is 5.22. The molecule has 2 aromatic rings. The molecule has 2 aromatic carbocycles. The lowest BCUT2D eigenvalue weighted by Crippen LogP contribution is -2.31. The van der Waals surface area contributed by atoms with E-state index in [2.05, 4.69) is 5.32 Å². The topological polar surface area (TPSA) is 41.5 Å². The van der Waals surface area contributed by atoms with E-state index >= 15 is 0 Å². The maximum Gasteiger partial charge on any atom is 0.127 e. The Morgan fingerprint density at radius 2 is 1.90 bits per heavy atom. The first-order valence-electron chi connectivity index (χ1n) is 6.94. The van der Waals surface area contributed by atoms with Crippen LogP contribution in [0.5, 0.6) is 11.5 Å². The van der Waals surface area contributed by atoms with Crippen LogP contribution in [0.1, 0.15) is 18.1 Å². The molecule has 0 bridgehead atoms. The first kappa shape index (κ1) is 15.3. The largest absolute Gasteiger partial charge is 0.508 e. The lowest BCUT2D eigenvalue weighted by Gasteiger charge is -2.15. The van der Waals surface area contributed by atoms with Gasteiger partial charge in [-0.25, -0.2) is 4.39 Å². The van der Waals surface area contributed by atoms with Gasteiger partial charge in [-0.3, -0.25) is 0 Å². The monoisotopic (exact) mass is 289 g/mol. The van der Waals surface area contributed by atoms with Crippen molar-refractivity contribution in [3.8, 4) is 11.5 Å². The molecule has 0 aliphatic rings. The van der Waals surface area contributed by atoms with Crippen molar-refractivity contribution < 1.29 is 14.2 Å². The molecule has 3 nitrogen and oxygen atoms in total. The zero-order valence-electron chi connectivity index (χ0n) is 12.3. The van der Waals surface area contributed by atoms with Crippen molar-refractivity contribution >= 4 is 0 Å². The summed E-state index contributed by atoms with van der Waals surface area (Å²) in [6, 6.07) is 12.0. The lowest BCUT2D eigenvalue weighted by molar-refractivity contribution is 0.272. The van der Waals surface area contributed by atoms with Gasteiger partial charge in [-0.1, -0.05) is 17.7 Å². The minimum atomic E-state index is -0.435. The highest BCUT2D eigenvalue weighted by Crippen LogP contribution is 2.15. The van der Waals surface area contributed by atoms with Crippen molar-refractivity contribution in [2.75, 3.05) is 6.61 Å². The Hall–Kier alpha value is -2.07. The zero-order valence-corrected chi connectivity index (χ0v) is 12.3. The summed E-state index contributed by atoms with van der Waals surface area (Å²) in [7, 11) is 0. The SMILES string of the molecule is Cc1ccc(OCC(C)NCc2cc(O)cc(F)c2)cc1. The molecule has 0 spiro atoms. The van der Waals surface area contributed by atoms with E-state index in [1.807, 2.05) is 38.1 Å². The highest BCUT2D eigenvalue weighted by atomic mass is 19.1. The smallest absolute Gasteiger partial charge is 0.127 e. The molecule has 0 fully saturated rings. The van der Waals surface area contributed by atoms with Crippen LogP contribution in [0.2, 0.25) is 0 Å². The highest BCUT2D eigenvalue weighted by Gasteiger charge is 2.05. The number of benzene rings is 2. The summed E-state index contributed by atoms with van der Waals surface area (Å²) in [5, 5.41) is 12.6. The molecule has 0 amide bonds. The number of phenolic OH excluding ortho intramolecular Hbond substituents is 1. The highest BCUT2D eigenvalue weighted by molar-refractivity contribution is 5.28. The van der Waals surface area contributed by atoms with E-state index in [1.165, 1.54) is 11.6 Å². The Balaban J connectivity index is 1.79. The molecule has 0 heterocycles. The summed E-state index contributed by atoms with van der Waals surface area (Å²) in [6.45, 7) is 5.02. The molecule has 1 atom stereocenters. The number of hydrogen-bond acceptors (Lipinski definition) is 3. The molecule has 0 aliphatic heterocycles. The van der Waals surface area contributed by atoms with Crippen LogP contribution in [0, 0.1) is 12.7 Å². The molecular weight excluding hydrogens is 269 g/mol. The normalized spacial score (nSPS) is 12.1. The third kappa shape index (κ3) is 5.08. The third-order valence-electron chi connectivity index (χ3n) is 3.12. The molecule has 1 unspecified atom stereocenters. The molecule has 2 N–H and O–H groups in total. The van der Waals surface area contributed by atoms with Gasteiger partial charge in [0.15, 0.2) is 0 Å². The fourth-order valence-corrected chi connectivity index (χ4v) is 1.94. The van der Waals surface area contributed by atoms with Gasteiger partial charge in [-0.05, 0) is 43.7 Å². The maximum absolute atomic E-state index is 13.1. The van der Waals surface area contributed by atoms with Crippen LogP contribution in [-0.2, 0) is 6.54 Å². The van der Waals surface area contributed by atoms with Crippen LogP contribution in [0.4, 0.5) is 4.39 Å². The molecule has 0 saturated carbocycles. The Bertz CT molecular complexity index is 564. The van der Waals surface area contributed by atoms with Gasteiger partial charge in [0.2, 0.25) is 0 Å². The molecule has 112 valence electrons. The van der Waals surface area contributed by atoms with Gasteiger partial charge in [0.05, 0.1) is 0 Å². The quantitative estimate of drug-likeness (QED) is 0.856. The average molecular weight is 289 g/mol. The molecular formula is C17H20FNO2. The first-order chi connectivity index (χ1) is 10.0. The van der Waals surface area contributed by atoms with Crippen LogP contribution in [0.25, 0.3) is 0 Å². The Morgan fingerprint density at radius 1 is 1.19 bits per heavy atom. The average Bonchev–Trinajstić information content (AvgIpc) is 2.43. The van der Waals surface area contributed by atoms with E-state index < -0.39 is 5.82 Å². The van der Waals surface area contributed by atoms with Gasteiger partial charge in [0.25, 0.3) is 0 Å². The fraction of sp³-hybridized carbons (Fsp3) is 0.294. The van der Waals surface area contributed by atoms with E-state index in [-0.39, 0.29) is 11.8 Å². The molecule has 0 aromatic heterocycles. The standard InChI is InChI=1S/C17H20FNO2/c1-12-3-5-17(6-4-12)21-11-13(2)19-10-14-7-15(18)9-16(20)8-14/h3-9,13,19-20H,10-11H2,1-2H3. The van der Waals surface area contributed by atoms with E-state index in [9.17, 15) is 9.50 Å². The van der Waals surface area contributed by atoms with Gasteiger partial charge in [-0.2, -0.15) is 0 Å². The number of hydrogen-bond donors (Lipinski definition) is 2. The van der Waals surface area contributed by atoms with Crippen LogP contribution >= 0.6 is 0 Å². The van der Waals surface area contributed by atoms with Crippen molar-refractivity contribution in [1.82, 2.24) is 5.32 Å². The fourth-order valence-electron chi connectivity index (χ4n) is 1.94. The number of rotatable bonds is 6. The number of phenols is 1. The molecule has 2 rings (SSSR count). The van der Waals surface area contributed by atoms with Crippen LogP contribution in [0.3, 0.4) is 0 Å². The molecule has 21 heavy (non-hydrogen) atoms. The van der Waals surface area contributed by atoms with Crippen LogP contribution in [-0.4, -0.2) is 17.8 Å². The lowest BCUT2D eigenvalue weighted by atomic mass is 10.2. The number of ether oxygens (including phenoxy) is 1. The third-order valence-corrected chi connectivity index (χ3v) is 3.12. The van der Waals surface area contributed by atoms with Crippen LogP contribution in [0.15, 0.2) is 42.5 Å². The maximum atomic E-state index is 13.1. The van der Waals surface area contributed by atoms with Gasteiger partial charge < -0.3 is 15.2 Å². The van der Waals surface area contributed by atoms with Crippen molar-refractivity contribution in [3.05, 3.63) is 59.4 Å². The second kappa shape index (κ2) is 7.09. The summed E-state index contributed by atoms with van der Waals surface area (Å²) in [5.41, 5.74) is 1.90. The van der Waals surface area contributed by atoms with E-state index in [1.54, 1.807) is 6.07 Å². The van der Waals surface area contributed by atoms with Gasteiger partial charge in [0.1, 0.15) is 23.9 Å². The number of halogens is 1. The van der Waals surface area contributed by atoms with Gasteiger partial charge in [0, 0.05) is 18.7 Å². The summed E-state index contributed by atoms with van der Waals surface area (Å²) in [6.07, 6.45) is 0. The van der Waals surface area contributed by atoms with E-state index in [0.29, 0.717) is 18.7 Å². The van der Waals surface area contributed by atoms with Crippen molar-refractivity contribution in [1.29, 1.82) is 0 Å². The Labute approximate surface area is 124 Å². The summed E-state index contributed by atoms with van der Waals surface area (Å²) >= 11 is 0. The summed E-state index contributed by atoms with van der Waals surface area (Å²) in [4.78, 5) is 0. The Morgan fingerprint density at radius 3 is 2.57 bits per heavy atom. The van der Waals surface area contributed by atoms with Crippen molar-refractivity contribution in [2.45, 2.75) is 26.4 Å². The van der Waals surface area contributed by atoms with Gasteiger partial charge >= 0.3 is 0 Å². The van der Waals surface area contributed by atoms with Gasteiger partial charge in [-0.15, -0.1) is 0 Å². The number of nitrogens with one attached hydrogen (secondary N) is 1. The molecule has 4 heteroatoms. The summed E-state index contributed by atoms with van der Waals surface area (Å²) in [5.74, 6) is 0.336. The van der Waals surface area contributed by atoms with Crippen molar-refractivity contribution in [3.63, 3.8) is 0 Å². The number of aromatic hydroxyl groups is 1. The number of aryl methyl sites for hydroxylation is 1. The minimum absolute atomic E-state index is 0.0599. The zero-order chi connectivity index (χ0) is 15.2. The Kier molecular flexibility index (Phi) is 5.17. The molecule has 0 radical (unpaired) electrons. The molecule has 0 saturated heterocycles. The van der Waals surface area contributed by atoms with E-state index in [0.717, 1.165) is 11.8 Å². The predicted molar refractivity (Wildman–Crippen MR) is 81.0 cm³/mol. The summed E-state index contributed by atoms with van der Waals surface area (Å²) < 4.78 is 18.8. The molecule has 0 aliphatic carbocycles.